The molecule has 61 heavy (non-hydrogen) atoms. The molecule has 1 unspecified atom stereocenters. The zero-order chi connectivity index (χ0) is 42.5. The Morgan fingerprint density at radius 2 is 1.67 bits per heavy atom. The van der Waals surface area contributed by atoms with Crippen molar-refractivity contribution in [2.24, 2.45) is 0 Å². The Labute approximate surface area is 356 Å². The van der Waals surface area contributed by atoms with Crippen molar-refractivity contribution in [3.8, 4) is 23.3 Å². The fourth-order valence-corrected chi connectivity index (χ4v) is 8.27. The van der Waals surface area contributed by atoms with Crippen LogP contribution in [0.2, 0.25) is 5.02 Å². The fraction of sp³-hybridized carbons (Fsp3) is 0.304. The molecule has 0 saturated carbocycles. The number of aromatic nitrogens is 3. The maximum atomic E-state index is 13.8. The summed E-state index contributed by atoms with van der Waals surface area (Å²) in [5.41, 5.74) is 2.07. The molecule has 0 aliphatic carbocycles. The Hall–Kier alpha value is -6.85. The summed E-state index contributed by atoms with van der Waals surface area (Å²) in [7, 11) is 0. The zero-order valence-electron chi connectivity index (χ0n) is 33.2. The summed E-state index contributed by atoms with van der Waals surface area (Å²) < 4.78 is 5.88. The minimum absolute atomic E-state index is 0.0407. The predicted molar refractivity (Wildman–Crippen MR) is 226 cm³/mol. The van der Waals surface area contributed by atoms with Gasteiger partial charge in [0.2, 0.25) is 17.7 Å². The lowest BCUT2D eigenvalue weighted by Crippen LogP contribution is -2.54. The van der Waals surface area contributed by atoms with Gasteiger partial charge in [-0.25, -0.2) is 9.97 Å². The average molecular weight is 840 g/mol. The zero-order valence-corrected chi connectivity index (χ0v) is 33.9. The SMILES string of the molecule is O=C1CCC(N2C(=O)c3cccc(C#CCCCCCCC(=O)N4CCC(Nc5ncnc6[nH]cc(C(=O)c7ccc(Oc8ccccc8)cc7Cl)c56)CC4)c3C2=O)C(=O)N1. The Morgan fingerprint density at radius 1 is 0.869 bits per heavy atom. The van der Waals surface area contributed by atoms with E-state index in [0.717, 1.165) is 43.4 Å². The van der Waals surface area contributed by atoms with Crippen LogP contribution >= 0.6 is 11.6 Å². The van der Waals surface area contributed by atoms with Crippen LogP contribution in [0.1, 0.15) is 106 Å². The molecule has 5 amide bonds. The van der Waals surface area contributed by atoms with E-state index in [1.807, 2.05) is 35.2 Å². The normalized spacial score (nSPS) is 16.6. The molecule has 0 bridgehead atoms. The van der Waals surface area contributed by atoms with Crippen LogP contribution in [-0.2, 0) is 14.4 Å². The molecule has 2 fully saturated rings. The molecule has 310 valence electrons. The molecule has 1 atom stereocenters. The highest BCUT2D eigenvalue weighted by Gasteiger charge is 2.45. The van der Waals surface area contributed by atoms with E-state index >= 15 is 0 Å². The number of hydrogen-bond acceptors (Lipinski definition) is 10. The number of amides is 5. The quantitative estimate of drug-likeness (QED) is 0.0492. The van der Waals surface area contributed by atoms with Crippen LogP contribution in [0.25, 0.3) is 11.0 Å². The molecule has 3 aromatic carbocycles. The molecule has 15 heteroatoms. The first-order valence-electron chi connectivity index (χ1n) is 20.4. The molecular formula is C46H42ClN7O7. The molecule has 3 aliphatic heterocycles. The molecule has 14 nitrogen and oxygen atoms in total. The minimum atomic E-state index is -1.03. The van der Waals surface area contributed by atoms with Gasteiger partial charge in [-0.05, 0) is 68.5 Å². The number of carbonyl (C=O) groups is 6. The van der Waals surface area contributed by atoms with Crippen molar-refractivity contribution in [3.05, 3.63) is 112 Å². The van der Waals surface area contributed by atoms with Gasteiger partial charge in [0, 0.05) is 61.8 Å². The van der Waals surface area contributed by atoms with Crippen LogP contribution in [0, 0.1) is 11.8 Å². The molecule has 2 saturated heterocycles. The smallest absolute Gasteiger partial charge is 0.263 e. The number of carbonyl (C=O) groups excluding carboxylic acids is 6. The molecule has 2 aromatic heterocycles. The number of ether oxygens (including phenoxy) is 1. The second kappa shape index (κ2) is 18.2. The first-order chi connectivity index (χ1) is 29.7. The molecule has 3 N–H and O–H groups in total. The number of benzene rings is 3. The number of rotatable bonds is 13. The standard InChI is InChI=1S/C46H42ClN7O7/c47-35-25-31(61-30-13-7-5-8-14-30)17-18-32(35)41(57)34-26-48-42-40(34)43(50-27-49-42)51-29-21-23-53(24-22-29)38(56)16-9-4-2-1-3-6-11-28-12-10-15-33-39(28)46(60)54(45(33)59)36-19-20-37(55)52-44(36)58/h5,7-8,10,12-15,17-18,25-27,29,36H,1-4,9,16,19-24H2,(H,52,55,58)(H2,48,49,50,51). The lowest BCUT2D eigenvalue weighted by Gasteiger charge is -2.33. The van der Waals surface area contributed by atoms with E-state index in [1.165, 1.54) is 6.33 Å². The second-order valence-electron chi connectivity index (χ2n) is 15.2. The van der Waals surface area contributed by atoms with E-state index < -0.39 is 29.7 Å². The number of H-pyrrole nitrogens is 1. The number of ketones is 1. The van der Waals surface area contributed by atoms with Gasteiger partial charge >= 0.3 is 0 Å². The van der Waals surface area contributed by atoms with Crippen LogP contribution in [0.5, 0.6) is 11.5 Å². The van der Waals surface area contributed by atoms with Crippen LogP contribution < -0.4 is 15.4 Å². The van der Waals surface area contributed by atoms with E-state index in [4.69, 9.17) is 16.3 Å². The highest BCUT2D eigenvalue weighted by Crippen LogP contribution is 2.33. The number of fused-ring (bicyclic) bond motifs is 2. The van der Waals surface area contributed by atoms with Crippen LogP contribution in [0.15, 0.2) is 79.3 Å². The molecule has 5 aromatic rings. The Balaban J connectivity index is 0.778. The predicted octanol–water partition coefficient (Wildman–Crippen LogP) is 6.83. The van der Waals surface area contributed by atoms with Crippen molar-refractivity contribution >= 4 is 63.8 Å². The molecular weight excluding hydrogens is 798 g/mol. The summed E-state index contributed by atoms with van der Waals surface area (Å²) in [5, 5.41) is 6.55. The largest absolute Gasteiger partial charge is 0.457 e. The first kappa shape index (κ1) is 40.9. The molecule has 0 radical (unpaired) electrons. The number of unbranched alkanes of at least 4 members (excludes halogenated alkanes) is 4. The van der Waals surface area contributed by atoms with Crippen molar-refractivity contribution in [1.82, 2.24) is 30.1 Å². The summed E-state index contributed by atoms with van der Waals surface area (Å²) in [6, 6.07) is 18.2. The van der Waals surface area contributed by atoms with E-state index in [1.54, 1.807) is 42.6 Å². The minimum Gasteiger partial charge on any atom is -0.457 e. The number of piperidine rings is 2. The van der Waals surface area contributed by atoms with E-state index in [-0.39, 0.29) is 46.7 Å². The second-order valence-corrected chi connectivity index (χ2v) is 15.6. The number of nitrogens with zero attached hydrogens (tertiary/aromatic N) is 4. The van der Waals surface area contributed by atoms with Gasteiger partial charge in [0.25, 0.3) is 11.8 Å². The third kappa shape index (κ3) is 8.88. The van der Waals surface area contributed by atoms with Crippen molar-refractivity contribution in [3.63, 3.8) is 0 Å². The third-order valence-electron chi connectivity index (χ3n) is 11.2. The summed E-state index contributed by atoms with van der Waals surface area (Å²) in [5.74, 6) is 5.50. The summed E-state index contributed by atoms with van der Waals surface area (Å²) in [6.45, 7) is 1.21. The Morgan fingerprint density at radius 3 is 2.46 bits per heavy atom. The fourth-order valence-electron chi connectivity index (χ4n) is 8.01. The van der Waals surface area contributed by atoms with Crippen LogP contribution in [0.4, 0.5) is 5.82 Å². The lowest BCUT2D eigenvalue weighted by molar-refractivity contribution is -0.136. The van der Waals surface area contributed by atoms with Crippen molar-refractivity contribution < 1.29 is 33.5 Å². The highest BCUT2D eigenvalue weighted by atomic mass is 35.5. The molecule has 8 rings (SSSR count). The van der Waals surface area contributed by atoms with Crippen molar-refractivity contribution in [1.29, 1.82) is 0 Å². The van der Waals surface area contributed by atoms with E-state index in [9.17, 15) is 28.8 Å². The Bertz CT molecular complexity index is 2610. The summed E-state index contributed by atoms with van der Waals surface area (Å²) in [6.07, 6.45) is 9.04. The number of imide groups is 2. The highest BCUT2D eigenvalue weighted by molar-refractivity contribution is 6.36. The van der Waals surface area contributed by atoms with Gasteiger partial charge in [0.1, 0.15) is 35.3 Å². The van der Waals surface area contributed by atoms with Gasteiger partial charge in [-0.2, -0.15) is 0 Å². The number of para-hydroxylation sites is 1. The summed E-state index contributed by atoms with van der Waals surface area (Å²) >= 11 is 6.60. The monoisotopic (exact) mass is 839 g/mol. The number of hydrogen-bond donors (Lipinski definition) is 3. The number of halogens is 1. The molecule has 5 heterocycles. The first-order valence-corrected chi connectivity index (χ1v) is 20.8. The number of anilines is 1. The van der Waals surface area contributed by atoms with Gasteiger partial charge in [0.05, 0.1) is 27.1 Å². The number of aromatic amines is 1. The molecule has 3 aliphatic rings. The van der Waals surface area contributed by atoms with Gasteiger partial charge < -0.3 is 19.9 Å². The number of nitrogens with one attached hydrogen (secondary N) is 3. The maximum absolute atomic E-state index is 13.8. The van der Waals surface area contributed by atoms with Gasteiger partial charge in [-0.15, -0.1) is 0 Å². The van der Waals surface area contributed by atoms with Gasteiger partial charge in [-0.3, -0.25) is 39.0 Å². The number of likely N-dealkylation sites (tertiary alicyclic amines) is 1. The van der Waals surface area contributed by atoms with Gasteiger partial charge in [0.15, 0.2) is 5.78 Å². The van der Waals surface area contributed by atoms with Crippen LogP contribution in [-0.4, -0.2) is 85.2 Å². The lowest BCUT2D eigenvalue weighted by atomic mass is 10.0. The third-order valence-corrected chi connectivity index (χ3v) is 11.5. The average Bonchev–Trinajstić information content (AvgIpc) is 3.81. The topological polar surface area (TPSA) is 184 Å². The van der Waals surface area contributed by atoms with E-state index in [2.05, 4.69) is 37.4 Å². The van der Waals surface area contributed by atoms with Crippen molar-refractivity contribution in [2.45, 2.75) is 76.3 Å². The van der Waals surface area contributed by atoms with Gasteiger partial charge in [-0.1, -0.05) is 60.5 Å². The summed E-state index contributed by atoms with van der Waals surface area (Å²) in [4.78, 5) is 92.1. The maximum Gasteiger partial charge on any atom is 0.263 e. The van der Waals surface area contributed by atoms with Crippen LogP contribution in [0.3, 0.4) is 0 Å². The Kier molecular flexibility index (Phi) is 12.2. The van der Waals surface area contributed by atoms with Crippen molar-refractivity contribution in [2.75, 3.05) is 18.4 Å². The molecule has 0 spiro atoms. The van der Waals surface area contributed by atoms with E-state index in [0.29, 0.717) is 71.0 Å².